The van der Waals surface area contributed by atoms with E-state index in [1.807, 2.05) is 11.6 Å². The smallest absolute Gasteiger partial charge is 0.223 e. The summed E-state index contributed by atoms with van der Waals surface area (Å²) in [5, 5.41) is 18.4. The summed E-state index contributed by atoms with van der Waals surface area (Å²) in [5.41, 5.74) is 0.522. The number of nitrogens with zero attached hydrogens (tertiary/aromatic N) is 2. The van der Waals surface area contributed by atoms with Crippen LogP contribution >= 0.6 is 0 Å². The summed E-state index contributed by atoms with van der Waals surface area (Å²) < 4.78 is 1.84. The molecular weight excluding hydrogens is 244 g/mol. The van der Waals surface area contributed by atoms with Crippen molar-refractivity contribution in [1.82, 2.24) is 9.47 Å². The summed E-state index contributed by atoms with van der Waals surface area (Å²) in [5.74, 6) is -0.238. The number of unbranched alkanes of at least 4 members (excludes halogenated alkanes) is 1. The lowest BCUT2D eigenvalue weighted by molar-refractivity contribution is 0.273. The van der Waals surface area contributed by atoms with Gasteiger partial charge in [-0.15, -0.1) is 0 Å². The zero-order valence-electron chi connectivity index (χ0n) is 11.8. The number of aromatic nitrogens is 1. The first-order valence-corrected chi connectivity index (χ1v) is 6.80. The molecule has 0 aromatic carbocycles. The molecule has 0 spiro atoms. The molecule has 19 heavy (non-hydrogen) atoms. The molecule has 0 bridgehead atoms. The molecule has 0 radical (unpaired) electrons. The highest BCUT2D eigenvalue weighted by Crippen LogP contribution is 2.09. The molecule has 0 saturated heterocycles. The van der Waals surface area contributed by atoms with Crippen LogP contribution in [0.15, 0.2) is 17.1 Å². The van der Waals surface area contributed by atoms with Gasteiger partial charge >= 0.3 is 0 Å². The maximum atomic E-state index is 11.5. The molecule has 1 aromatic heterocycles. The minimum Gasteiger partial charge on any atom is -0.503 e. The number of hydrogen-bond donors (Lipinski definition) is 2. The number of aliphatic hydroxyl groups is 1. The maximum Gasteiger partial charge on any atom is 0.223 e. The second kappa shape index (κ2) is 7.96. The Kier molecular flexibility index (Phi) is 6.59. The summed E-state index contributed by atoms with van der Waals surface area (Å²) in [6, 6.07) is 1.48. The first-order chi connectivity index (χ1) is 9.08. The van der Waals surface area contributed by atoms with E-state index in [4.69, 9.17) is 5.11 Å². The first-order valence-electron chi connectivity index (χ1n) is 6.80. The van der Waals surface area contributed by atoms with Crippen LogP contribution in [0.25, 0.3) is 0 Å². The van der Waals surface area contributed by atoms with Crippen molar-refractivity contribution in [3.05, 3.63) is 28.2 Å². The van der Waals surface area contributed by atoms with Crippen LogP contribution in [0.5, 0.6) is 5.75 Å². The largest absolute Gasteiger partial charge is 0.503 e. The molecule has 1 rings (SSSR count). The van der Waals surface area contributed by atoms with Crippen LogP contribution in [-0.4, -0.2) is 39.9 Å². The zero-order valence-corrected chi connectivity index (χ0v) is 11.8. The van der Waals surface area contributed by atoms with Crippen LogP contribution in [0.2, 0.25) is 0 Å². The van der Waals surface area contributed by atoms with Crippen molar-refractivity contribution in [2.75, 3.05) is 20.2 Å². The lowest BCUT2D eigenvalue weighted by atomic mass is 10.2. The molecule has 1 heterocycles. The third-order valence-electron chi connectivity index (χ3n) is 3.08. The molecule has 0 aliphatic rings. The highest BCUT2D eigenvalue weighted by molar-refractivity contribution is 5.20. The lowest BCUT2D eigenvalue weighted by Crippen LogP contribution is -2.23. The Labute approximate surface area is 114 Å². The van der Waals surface area contributed by atoms with E-state index in [-0.39, 0.29) is 17.8 Å². The topological polar surface area (TPSA) is 65.7 Å². The number of pyridine rings is 1. The van der Waals surface area contributed by atoms with E-state index in [0.29, 0.717) is 19.5 Å². The molecule has 0 atom stereocenters. The predicted octanol–water partition coefficient (Wildman–Crippen LogP) is 1.17. The molecule has 0 saturated carbocycles. The Morgan fingerprint density at radius 1 is 1.37 bits per heavy atom. The molecule has 0 fully saturated rings. The van der Waals surface area contributed by atoms with Gasteiger partial charge in [0.05, 0.1) is 6.20 Å². The van der Waals surface area contributed by atoms with Gasteiger partial charge in [0.2, 0.25) is 5.43 Å². The predicted molar refractivity (Wildman–Crippen MR) is 75.3 cm³/mol. The number of aliphatic hydroxyl groups excluding tert-OH is 1. The third kappa shape index (κ3) is 5.04. The van der Waals surface area contributed by atoms with Crippen LogP contribution in [0, 0.1) is 0 Å². The van der Waals surface area contributed by atoms with E-state index in [2.05, 4.69) is 11.8 Å². The molecular formula is C14H24N2O3. The van der Waals surface area contributed by atoms with Crippen LogP contribution in [0.1, 0.15) is 31.9 Å². The van der Waals surface area contributed by atoms with E-state index in [1.165, 1.54) is 12.3 Å². The van der Waals surface area contributed by atoms with Gasteiger partial charge in [0.25, 0.3) is 0 Å². The molecule has 1 aromatic rings. The van der Waals surface area contributed by atoms with Crippen LogP contribution < -0.4 is 5.43 Å². The molecule has 0 unspecified atom stereocenters. The summed E-state index contributed by atoms with van der Waals surface area (Å²) in [7, 11) is 2.02. The second-order valence-electron chi connectivity index (χ2n) is 4.88. The monoisotopic (exact) mass is 268 g/mol. The van der Waals surface area contributed by atoms with Crippen molar-refractivity contribution < 1.29 is 10.2 Å². The van der Waals surface area contributed by atoms with Crippen molar-refractivity contribution in [2.45, 2.75) is 39.3 Å². The average molecular weight is 268 g/mol. The van der Waals surface area contributed by atoms with E-state index >= 15 is 0 Å². The second-order valence-corrected chi connectivity index (χ2v) is 4.88. The highest BCUT2D eigenvalue weighted by Gasteiger charge is 2.08. The van der Waals surface area contributed by atoms with Gasteiger partial charge in [0, 0.05) is 31.5 Å². The van der Waals surface area contributed by atoms with E-state index in [9.17, 15) is 9.90 Å². The lowest BCUT2D eigenvalue weighted by Gasteiger charge is -2.20. The molecule has 0 amide bonds. The van der Waals surface area contributed by atoms with Crippen LogP contribution in [-0.2, 0) is 13.1 Å². The van der Waals surface area contributed by atoms with E-state index in [0.717, 1.165) is 25.1 Å². The standard InChI is InChI=1S/C14H24N2O3/c1-3-4-6-15(2)10-12-9-13(18)14(19)11-16(12)7-5-8-17/h9,11,17,19H,3-8,10H2,1-2H3. The Morgan fingerprint density at radius 3 is 2.74 bits per heavy atom. The van der Waals surface area contributed by atoms with Gasteiger partial charge < -0.3 is 19.7 Å². The van der Waals surface area contributed by atoms with Gasteiger partial charge in [0.1, 0.15) is 0 Å². The van der Waals surface area contributed by atoms with Crippen LogP contribution in [0.4, 0.5) is 0 Å². The van der Waals surface area contributed by atoms with Gasteiger partial charge in [0.15, 0.2) is 5.75 Å². The van der Waals surface area contributed by atoms with Crippen molar-refractivity contribution in [2.24, 2.45) is 0 Å². The van der Waals surface area contributed by atoms with Crippen molar-refractivity contribution >= 4 is 0 Å². The summed E-state index contributed by atoms with van der Waals surface area (Å²) in [4.78, 5) is 13.7. The third-order valence-corrected chi connectivity index (χ3v) is 3.08. The number of hydrogen-bond acceptors (Lipinski definition) is 4. The number of rotatable bonds is 8. The molecule has 2 N–H and O–H groups in total. The SMILES string of the molecule is CCCCN(C)Cc1cc(=O)c(O)cn1CCCO. The Hall–Kier alpha value is -1.33. The quantitative estimate of drug-likeness (QED) is 0.743. The summed E-state index contributed by atoms with van der Waals surface area (Å²) >= 11 is 0. The minimum atomic E-state index is -0.348. The molecule has 5 heteroatoms. The fourth-order valence-electron chi connectivity index (χ4n) is 1.97. The van der Waals surface area contributed by atoms with E-state index < -0.39 is 0 Å². The number of aromatic hydroxyl groups is 1. The summed E-state index contributed by atoms with van der Waals surface area (Å²) in [6.45, 7) is 4.48. The van der Waals surface area contributed by atoms with Gasteiger partial charge in [-0.2, -0.15) is 0 Å². The minimum absolute atomic E-state index is 0.0952. The first kappa shape index (κ1) is 15.7. The van der Waals surface area contributed by atoms with Gasteiger partial charge in [-0.05, 0) is 26.4 Å². The number of aryl methyl sites for hydroxylation is 1. The van der Waals surface area contributed by atoms with Gasteiger partial charge in [-0.25, -0.2) is 0 Å². The molecule has 108 valence electrons. The zero-order chi connectivity index (χ0) is 14.3. The molecule has 0 aliphatic heterocycles. The van der Waals surface area contributed by atoms with E-state index in [1.54, 1.807) is 0 Å². The van der Waals surface area contributed by atoms with Gasteiger partial charge in [-0.3, -0.25) is 4.79 Å². The van der Waals surface area contributed by atoms with Crippen molar-refractivity contribution in [1.29, 1.82) is 0 Å². The Balaban J connectivity index is 2.84. The fourth-order valence-corrected chi connectivity index (χ4v) is 1.97. The van der Waals surface area contributed by atoms with Crippen LogP contribution in [0.3, 0.4) is 0 Å². The maximum absolute atomic E-state index is 11.5. The Morgan fingerprint density at radius 2 is 2.11 bits per heavy atom. The molecule has 0 aliphatic carbocycles. The van der Waals surface area contributed by atoms with Crippen molar-refractivity contribution in [3.8, 4) is 5.75 Å². The summed E-state index contributed by atoms with van der Waals surface area (Å²) in [6.07, 6.45) is 4.32. The Bertz CT molecular complexity index is 443. The van der Waals surface area contributed by atoms with Gasteiger partial charge in [-0.1, -0.05) is 13.3 Å². The fraction of sp³-hybridized carbons (Fsp3) is 0.643. The molecule has 5 nitrogen and oxygen atoms in total. The normalized spacial score (nSPS) is 11.2. The van der Waals surface area contributed by atoms with Crippen molar-refractivity contribution in [3.63, 3.8) is 0 Å². The highest BCUT2D eigenvalue weighted by atomic mass is 16.3. The average Bonchev–Trinajstić information content (AvgIpc) is 2.38.